The molecule has 2 heterocycles. The van der Waals surface area contributed by atoms with Crippen LogP contribution in [0, 0.1) is 5.92 Å². The lowest BCUT2D eigenvalue weighted by molar-refractivity contribution is 0.186. The van der Waals surface area contributed by atoms with Gasteiger partial charge in [-0.1, -0.05) is 6.92 Å². The Hall–Kier alpha value is -0.450. The molecule has 0 aromatic carbocycles. The fourth-order valence-corrected chi connectivity index (χ4v) is 3.37. The van der Waals surface area contributed by atoms with Gasteiger partial charge in [-0.2, -0.15) is 0 Å². The Morgan fingerprint density at radius 2 is 2.44 bits per heavy atom. The number of hydrogen-bond acceptors (Lipinski definition) is 4. The monoisotopic (exact) mass is 240 g/mol. The number of ether oxygens (including phenoxy) is 1. The van der Waals surface area contributed by atoms with Gasteiger partial charge in [0.05, 0.1) is 10.7 Å². The lowest BCUT2D eigenvalue weighted by Gasteiger charge is -2.02. The van der Waals surface area contributed by atoms with Crippen LogP contribution in [0.1, 0.15) is 28.9 Å². The SMILES string of the molecule is CCc1nc(CC2CCOC2)sc1CNC. The summed E-state index contributed by atoms with van der Waals surface area (Å²) in [4.78, 5) is 6.14. The molecule has 1 aliphatic rings. The zero-order valence-electron chi connectivity index (χ0n) is 10.1. The van der Waals surface area contributed by atoms with Gasteiger partial charge < -0.3 is 10.1 Å². The van der Waals surface area contributed by atoms with E-state index in [0.29, 0.717) is 5.92 Å². The van der Waals surface area contributed by atoms with Crippen LogP contribution in [-0.2, 0) is 24.1 Å². The van der Waals surface area contributed by atoms with Crippen LogP contribution in [0.15, 0.2) is 0 Å². The number of aromatic nitrogens is 1. The van der Waals surface area contributed by atoms with Gasteiger partial charge in [-0.3, -0.25) is 0 Å². The van der Waals surface area contributed by atoms with E-state index in [1.807, 2.05) is 18.4 Å². The van der Waals surface area contributed by atoms with E-state index in [4.69, 9.17) is 9.72 Å². The lowest BCUT2D eigenvalue weighted by atomic mass is 10.1. The highest BCUT2D eigenvalue weighted by atomic mass is 32.1. The second-order valence-electron chi connectivity index (χ2n) is 4.30. The summed E-state index contributed by atoms with van der Waals surface area (Å²) in [5.74, 6) is 0.693. The molecule has 1 aliphatic heterocycles. The third-order valence-corrected chi connectivity index (χ3v) is 4.10. The van der Waals surface area contributed by atoms with Crippen LogP contribution in [0.2, 0.25) is 0 Å². The van der Waals surface area contributed by atoms with E-state index in [2.05, 4.69) is 12.2 Å². The maximum absolute atomic E-state index is 5.40. The Balaban J connectivity index is 2.02. The van der Waals surface area contributed by atoms with E-state index in [9.17, 15) is 0 Å². The van der Waals surface area contributed by atoms with E-state index in [1.54, 1.807) is 0 Å². The van der Waals surface area contributed by atoms with Crippen molar-refractivity contribution in [1.82, 2.24) is 10.3 Å². The quantitative estimate of drug-likeness (QED) is 0.855. The van der Waals surface area contributed by atoms with Crippen molar-refractivity contribution in [2.24, 2.45) is 5.92 Å². The van der Waals surface area contributed by atoms with Crippen LogP contribution in [0.5, 0.6) is 0 Å². The molecular formula is C12H20N2OS. The molecule has 16 heavy (non-hydrogen) atoms. The second-order valence-corrected chi connectivity index (χ2v) is 5.46. The van der Waals surface area contributed by atoms with Crippen LogP contribution in [0.3, 0.4) is 0 Å². The molecule has 0 saturated carbocycles. The number of nitrogens with zero attached hydrogens (tertiary/aromatic N) is 1. The molecule has 1 N–H and O–H groups in total. The van der Waals surface area contributed by atoms with Gasteiger partial charge >= 0.3 is 0 Å². The van der Waals surface area contributed by atoms with Crippen molar-refractivity contribution in [3.8, 4) is 0 Å². The minimum absolute atomic E-state index is 0.693. The fourth-order valence-electron chi connectivity index (χ4n) is 2.09. The minimum Gasteiger partial charge on any atom is -0.381 e. The minimum atomic E-state index is 0.693. The van der Waals surface area contributed by atoms with E-state index < -0.39 is 0 Å². The molecule has 0 aliphatic carbocycles. The van der Waals surface area contributed by atoms with E-state index >= 15 is 0 Å². The van der Waals surface area contributed by atoms with E-state index in [-0.39, 0.29) is 0 Å². The van der Waals surface area contributed by atoms with Crippen LogP contribution in [0.4, 0.5) is 0 Å². The molecule has 0 amide bonds. The Kier molecular flexibility index (Phi) is 4.32. The van der Waals surface area contributed by atoms with Crippen molar-refractivity contribution in [2.75, 3.05) is 20.3 Å². The van der Waals surface area contributed by atoms with E-state index in [0.717, 1.165) is 32.6 Å². The van der Waals surface area contributed by atoms with Crippen molar-refractivity contribution in [3.63, 3.8) is 0 Å². The predicted molar refractivity (Wildman–Crippen MR) is 66.9 cm³/mol. The summed E-state index contributed by atoms with van der Waals surface area (Å²) in [7, 11) is 1.99. The summed E-state index contributed by atoms with van der Waals surface area (Å²) in [6, 6.07) is 0. The van der Waals surface area contributed by atoms with Crippen molar-refractivity contribution < 1.29 is 4.74 Å². The molecule has 90 valence electrons. The molecule has 1 saturated heterocycles. The summed E-state index contributed by atoms with van der Waals surface area (Å²) in [6.45, 7) is 4.97. The Labute approximate surface area is 101 Å². The maximum atomic E-state index is 5.40. The average molecular weight is 240 g/mol. The lowest BCUT2D eigenvalue weighted by Crippen LogP contribution is -2.05. The number of aryl methyl sites for hydroxylation is 1. The summed E-state index contributed by atoms with van der Waals surface area (Å²) < 4.78 is 5.40. The first kappa shape index (κ1) is 12.0. The maximum Gasteiger partial charge on any atom is 0.0935 e. The zero-order valence-corrected chi connectivity index (χ0v) is 10.9. The van der Waals surface area contributed by atoms with Crippen molar-refractivity contribution in [2.45, 2.75) is 32.7 Å². The van der Waals surface area contributed by atoms with Crippen LogP contribution in [-0.4, -0.2) is 25.2 Å². The smallest absolute Gasteiger partial charge is 0.0935 e. The van der Waals surface area contributed by atoms with E-state index in [1.165, 1.54) is 22.0 Å². The van der Waals surface area contributed by atoms with Gasteiger partial charge in [0.25, 0.3) is 0 Å². The van der Waals surface area contributed by atoms with Gasteiger partial charge in [-0.15, -0.1) is 11.3 Å². The summed E-state index contributed by atoms with van der Waals surface area (Å²) >= 11 is 1.87. The molecule has 0 spiro atoms. The third-order valence-electron chi connectivity index (χ3n) is 2.98. The van der Waals surface area contributed by atoms with Crippen LogP contribution < -0.4 is 5.32 Å². The normalized spacial score (nSPS) is 20.5. The molecule has 1 aromatic rings. The first-order valence-electron chi connectivity index (χ1n) is 6.03. The summed E-state index contributed by atoms with van der Waals surface area (Å²) in [6.07, 6.45) is 3.33. The highest BCUT2D eigenvalue weighted by Crippen LogP contribution is 2.24. The van der Waals surface area contributed by atoms with Crippen LogP contribution in [0.25, 0.3) is 0 Å². The predicted octanol–water partition coefficient (Wildman–Crippen LogP) is 2.00. The molecule has 0 bridgehead atoms. The highest BCUT2D eigenvalue weighted by molar-refractivity contribution is 7.11. The van der Waals surface area contributed by atoms with Gasteiger partial charge in [0.1, 0.15) is 0 Å². The Morgan fingerprint density at radius 3 is 3.06 bits per heavy atom. The fraction of sp³-hybridized carbons (Fsp3) is 0.750. The van der Waals surface area contributed by atoms with Gasteiger partial charge in [-0.25, -0.2) is 4.98 Å². The van der Waals surface area contributed by atoms with Gasteiger partial charge in [-0.05, 0) is 25.8 Å². The first-order chi connectivity index (χ1) is 7.83. The number of rotatable bonds is 5. The Bertz CT molecular complexity index is 332. The van der Waals surface area contributed by atoms with Gasteiger partial charge in [0.2, 0.25) is 0 Å². The van der Waals surface area contributed by atoms with Gasteiger partial charge in [0.15, 0.2) is 0 Å². The third kappa shape index (κ3) is 2.81. The van der Waals surface area contributed by atoms with Crippen LogP contribution >= 0.6 is 11.3 Å². The largest absolute Gasteiger partial charge is 0.381 e. The molecule has 0 radical (unpaired) electrons. The standard InChI is InChI=1S/C12H20N2OS/c1-3-10-11(7-13-2)16-12(14-10)6-9-4-5-15-8-9/h9,13H,3-8H2,1-2H3. The number of nitrogens with one attached hydrogen (secondary N) is 1. The number of hydrogen-bond donors (Lipinski definition) is 1. The second kappa shape index (κ2) is 5.75. The molecule has 3 nitrogen and oxygen atoms in total. The molecule has 1 unspecified atom stereocenters. The molecule has 4 heteroatoms. The highest BCUT2D eigenvalue weighted by Gasteiger charge is 2.18. The van der Waals surface area contributed by atoms with Crippen molar-refractivity contribution in [1.29, 1.82) is 0 Å². The van der Waals surface area contributed by atoms with Crippen molar-refractivity contribution in [3.05, 3.63) is 15.6 Å². The first-order valence-corrected chi connectivity index (χ1v) is 6.85. The van der Waals surface area contributed by atoms with Crippen molar-refractivity contribution >= 4 is 11.3 Å². The molecule has 1 aromatic heterocycles. The Morgan fingerprint density at radius 1 is 1.56 bits per heavy atom. The molecule has 1 fully saturated rings. The molecular weight excluding hydrogens is 220 g/mol. The average Bonchev–Trinajstić information content (AvgIpc) is 2.89. The molecule has 1 atom stereocenters. The summed E-state index contributed by atoms with van der Waals surface area (Å²) in [5.41, 5.74) is 1.27. The number of thiazole rings is 1. The van der Waals surface area contributed by atoms with Gasteiger partial charge in [0, 0.05) is 31.1 Å². The molecule has 2 rings (SSSR count). The summed E-state index contributed by atoms with van der Waals surface area (Å²) in [5, 5.41) is 4.50. The topological polar surface area (TPSA) is 34.1 Å². The zero-order chi connectivity index (χ0) is 11.4.